The summed E-state index contributed by atoms with van der Waals surface area (Å²) in [4.78, 5) is 24.4. The average Bonchev–Trinajstić information content (AvgIpc) is 3.03. The van der Waals surface area contributed by atoms with Crippen molar-refractivity contribution in [1.29, 1.82) is 0 Å². The lowest BCUT2D eigenvalue weighted by molar-refractivity contribution is -0.116. The molecule has 0 aromatic heterocycles. The number of fused-ring (bicyclic) bond motifs is 1. The van der Waals surface area contributed by atoms with Gasteiger partial charge in [-0.25, -0.2) is 0 Å². The van der Waals surface area contributed by atoms with E-state index in [0.29, 0.717) is 16.3 Å². The Kier molecular flexibility index (Phi) is 5.00. The molecule has 4 heteroatoms. The van der Waals surface area contributed by atoms with E-state index in [1.54, 1.807) is 12.1 Å². The molecule has 124 valence electrons. The third-order valence-corrected chi connectivity index (χ3v) is 4.71. The van der Waals surface area contributed by atoms with Gasteiger partial charge in [0.05, 0.1) is 10.7 Å². The second-order valence-corrected chi connectivity index (χ2v) is 6.70. The summed E-state index contributed by atoms with van der Waals surface area (Å²) in [5.74, 6) is -0.190. The SMILES string of the molecule is Cc1ccc(NC(=O)CCC(=O)c2ccc3c(c2)CCC3)c(Cl)c1. The standard InChI is InChI=1S/C20H20ClNO2/c1-13-5-8-18(17(21)11-13)22-20(24)10-9-19(23)16-7-6-14-3-2-4-15(14)12-16/h5-8,11-12H,2-4,9-10H2,1H3,(H,22,24). The molecule has 2 aromatic carbocycles. The third kappa shape index (κ3) is 3.85. The van der Waals surface area contributed by atoms with Crippen molar-refractivity contribution in [2.75, 3.05) is 5.32 Å². The number of nitrogens with one attached hydrogen (secondary N) is 1. The Morgan fingerprint density at radius 2 is 1.83 bits per heavy atom. The van der Waals surface area contributed by atoms with Crippen LogP contribution in [0.5, 0.6) is 0 Å². The topological polar surface area (TPSA) is 46.2 Å². The highest BCUT2D eigenvalue weighted by Crippen LogP contribution is 2.24. The van der Waals surface area contributed by atoms with Gasteiger partial charge in [0.2, 0.25) is 5.91 Å². The first-order valence-corrected chi connectivity index (χ1v) is 8.62. The smallest absolute Gasteiger partial charge is 0.224 e. The van der Waals surface area contributed by atoms with Crippen LogP contribution in [0.4, 0.5) is 5.69 Å². The summed E-state index contributed by atoms with van der Waals surface area (Å²) in [5, 5.41) is 3.27. The number of aryl methyl sites for hydroxylation is 3. The lowest BCUT2D eigenvalue weighted by atomic mass is 10.0. The number of hydrogen-bond acceptors (Lipinski definition) is 2. The van der Waals surface area contributed by atoms with Gasteiger partial charge >= 0.3 is 0 Å². The molecule has 0 radical (unpaired) electrons. The number of halogens is 1. The van der Waals surface area contributed by atoms with Gasteiger partial charge in [-0.15, -0.1) is 0 Å². The number of amides is 1. The Hall–Kier alpha value is -2.13. The molecule has 0 heterocycles. The minimum Gasteiger partial charge on any atom is -0.325 e. The molecule has 3 rings (SSSR count). The van der Waals surface area contributed by atoms with E-state index in [2.05, 4.69) is 5.32 Å². The van der Waals surface area contributed by atoms with Gasteiger partial charge in [-0.2, -0.15) is 0 Å². The van der Waals surface area contributed by atoms with Crippen molar-refractivity contribution in [2.24, 2.45) is 0 Å². The van der Waals surface area contributed by atoms with Gasteiger partial charge in [-0.1, -0.05) is 29.8 Å². The summed E-state index contributed by atoms with van der Waals surface area (Å²) in [5.41, 5.74) is 4.94. The van der Waals surface area contributed by atoms with Crippen LogP contribution in [0.15, 0.2) is 36.4 Å². The van der Waals surface area contributed by atoms with Crippen LogP contribution < -0.4 is 5.32 Å². The fourth-order valence-electron chi connectivity index (χ4n) is 3.05. The van der Waals surface area contributed by atoms with Crippen LogP contribution >= 0.6 is 11.6 Å². The van der Waals surface area contributed by atoms with Crippen LogP contribution in [0.3, 0.4) is 0 Å². The lowest BCUT2D eigenvalue weighted by Crippen LogP contribution is -2.14. The van der Waals surface area contributed by atoms with Crippen molar-refractivity contribution < 1.29 is 9.59 Å². The van der Waals surface area contributed by atoms with Crippen LogP contribution in [0.1, 0.15) is 46.3 Å². The van der Waals surface area contributed by atoms with E-state index < -0.39 is 0 Å². The molecule has 2 aromatic rings. The fourth-order valence-corrected chi connectivity index (χ4v) is 3.33. The quantitative estimate of drug-likeness (QED) is 0.798. The second-order valence-electron chi connectivity index (χ2n) is 6.29. The predicted octanol–water partition coefficient (Wildman–Crippen LogP) is 4.74. The van der Waals surface area contributed by atoms with Gasteiger partial charge in [0, 0.05) is 18.4 Å². The maximum absolute atomic E-state index is 12.3. The van der Waals surface area contributed by atoms with Crippen molar-refractivity contribution in [3.05, 3.63) is 63.7 Å². The predicted molar refractivity (Wildman–Crippen MR) is 96.9 cm³/mol. The van der Waals surface area contributed by atoms with Crippen LogP contribution in [0.2, 0.25) is 5.02 Å². The minimum absolute atomic E-state index is 0.00912. The van der Waals surface area contributed by atoms with Crippen molar-refractivity contribution in [1.82, 2.24) is 0 Å². The van der Waals surface area contributed by atoms with Crippen LogP contribution in [0, 0.1) is 6.92 Å². The van der Waals surface area contributed by atoms with Gasteiger partial charge in [0.1, 0.15) is 0 Å². The zero-order valence-electron chi connectivity index (χ0n) is 13.7. The molecule has 1 aliphatic carbocycles. The molecule has 3 nitrogen and oxygen atoms in total. The van der Waals surface area contributed by atoms with E-state index in [4.69, 9.17) is 11.6 Å². The zero-order valence-corrected chi connectivity index (χ0v) is 14.5. The highest BCUT2D eigenvalue weighted by atomic mass is 35.5. The van der Waals surface area contributed by atoms with E-state index in [9.17, 15) is 9.59 Å². The normalized spacial score (nSPS) is 12.8. The Bertz CT molecular complexity index is 798. The molecule has 0 saturated heterocycles. The van der Waals surface area contributed by atoms with Gasteiger partial charge in [-0.05, 0) is 61.1 Å². The summed E-state index contributed by atoms with van der Waals surface area (Å²) >= 11 is 6.10. The molecule has 0 saturated carbocycles. The monoisotopic (exact) mass is 341 g/mol. The minimum atomic E-state index is -0.199. The Morgan fingerprint density at radius 1 is 1.04 bits per heavy atom. The Morgan fingerprint density at radius 3 is 2.62 bits per heavy atom. The van der Waals surface area contributed by atoms with E-state index in [1.807, 2.05) is 31.2 Å². The van der Waals surface area contributed by atoms with Gasteiger partial charge < -0.3 is 5.32 Å². The highest BCUT2D eigenvalue weighted by molar-refractivity contribution is 6.33. The number of Topliss-reactive ketones (excluding diaryl/α,β-unsaturated/α-hetero) is 1. The fraction of sp³-hybridized carbons (Fsp3) is 0.300. The first-order chi connectivity index (χ1) is 11.5. The Balaban J connectivity index is 1.57. The highest BCUT2D eigenvalue weighted by Gasteiger charge is 2.15. The molecule has 0 fully saturated rings. The van der Waals surface area contributed by atoms with E-state index in [0.717, 1.165) is 24.8 Å². The molecule has 1 aliphatic rings. The molecule has 24 heavy (non-hydrogen) atoms. The number of carbonyl (C=O) groups excluding carboxylic acids is 2. The summed E-state index contributed by atoms with van der Waals surface area (Å²) in [6.45, 7) is 1.94. The largest absolute Gasteiger partial charge is 0.325 e. The number of benzene rings is 2. The van der Waals surface area contributed by atoms with E-state index in [1.165, 1.54) is 11.1 Å². The molecule has 1 amide bonds. The first kappa shape index (κ1) is 16.7. The van der Waals surface area contributed by atoms with Crippen molar-refractivity contribution in [3.63, 3.8) is 0 Å². The molecular formula is C20H20ClNO2. The van der Waals surface area contributed by atoms with Crippen LogP contribution in [-0.4, -0.2) is 11.7 Å². The van der Waals surface area contributed by atoms with E-state index >= 15 is 0 Å². The molecule has 0 atom stereocenters. The zero-order chi connectivity index (χ0) is 17.1. The number of anilines is 1. The summed E-state index contributed by atoms with van der Waals surface area (Å²) < 4.78 is 0. The summed E-state index contributed by atoms with van der Waals surface area (Å²) in [7, 11) is 0. The van der Waals surface area contributed by atoms with Gasteiger partial charge in [-0.3, -0.25) is 9.59 Å². The van der Waals surface area contributed by atoms with Crippen molar-refractivity contribution >= 4 is 29.0 Å². The molecule has 0 aliphatic heterocycles. The molecule has 0 bridgehead atoms. The van der Waals surface area contributed by atoms with Crippen molar-refractivity contribution in [2.45, 2.75) is 39.0 Å². The van der Waals surface area contributed by atoms with Crippen molar-refractivity contribution in [3.8, 4) is 0 Å². The summed E-state index contributed by atoms with van der Waals surface area (Å²) in [6.07, 6.45) is 3.66. The molecule has 1 N–H and O–H groups in total. The number of carbonyl (C=O) groups is 2. The Labute approximate surface area is 147 Å². The third-order valence-electron chi connectivity index (χ3n) is 4.40. The number of rotatable bonds is 5. The second kappa shape index (κ2) is 7.18. The summed E-state index contributed by atoms with van der Waals surface area (Å²) in [6, 6.07) is 11.4. The van der Waals surface area contributed by atoms with E-state index in [-0.39, 0.29) is 24.5 Å². The number of ketones is 1. The molecular weight excluding hydrogens is 322 g/mol. The molecule has 0 unspecified atom stereocenters. The maximum atomic E-state index is 12.3. The molecule has 0 spiro atoms. The average molecular weight is 342 g/mol. The van der Waals surface area contributed by atoms with Gasteiger partial charge in [0.15, 0.2) is 5.78 Å². The van der Waals surface area contributed by atoms with Crippen LogP contribution in [0.25, 0.3) is 0 Å². The van der Waals surface area contributed by atoms with Crippen LogP contribution in [-0.2, 0) is 17.6 Å². The lowest BCUT2D eigenvalue weighted by Gasteiger charge is -2.08. The maximum Gasteiger partial charge on any atom is 0.224 e. The first-order valence-electron chi connectivity index (χ1n) is 8.24. The van der Waals surface area contributed by atoms with Gasteiger partial charge in [0.25, 0.3) is 0 Å². The number of hydrogen-bond donors (Lipinski definition) is 1.